The van der Waals surface area contributed by atoms with Gasteiger partial charge < -0.3 is 25.2 Å². The Balaban J connectivity index is 1.63. The highest BCUT2D eigenvalue weighted by Gasteiger charge is 2.24. The van der Waals surface area contributed by atoms with E-state index in [2.05, 4.69) is 20.7 Å². The van der Waals surface area contributed by atoms with Crippen LogP contribution in [0.2, 0.25) is 0 Å². The highest BCUT2D eigenvalue weighted by atomic mass is 19.1. The van der Waals surface area contributed by atoms with Crippen molar-refractivity contribution in [2.45, 2.75) is 32.5 Å². The standard InChI is InChI=1S/C20H28FN5O3/c1-4-22-19(24-12-20(2,27)16-9-25-26(3)10-16)23-6-5-14-7-17(21)8-15-11-28-13-29-18(14)15/h7-10,27H,4-6,11-13H2,1-3H3,(H2,22,23,24). The van der Waals surface area contributed by atoms with E-state index in [9.17, 15) is 9.50 Å². The summed E-state index contributed by atoms with van der Waals surface area (Å²) in [5.74, 6) is 0.966. The van der Waals surface area contributed by atoms with Crippen molar-refractivity contribution >= 4 is 5.96 Å². The third-order valence-electron chi connectivity index (χ3n) is 4.65. The van der Waals surface area contributed by atoms with E-state index in [0.717, 1.165) is 11.1 Å². The Kier molecular flexibility index (Phi) is 6.71. The molecule has 0 saturated heterocycles. The van der Waals surface area contributed by atoms with Crippen LogP contribution in [0.4, 0.5) is 4.39 Å². The summed E-state index contributed by atoms with van der Waals surface area (Å²) in [5, 5.41) is 21.2. The molecule has 0 amide bonds. The van der Waals surface area contributed by atoms with E-state index in [1.54, 1.807) is 31.0 Å². The molecule has 0 aliphatic carbocycles. The summed E-state index contributed by atoms with van der Waals surface area (Å²) < 4.78 is 26.3. The fourth-order valence-corrected chi connectivity index (χ4v) is 3.12. The van der Waals surface area contributed by atoms with Crippen LogP contribution in [0.3, 0.4) is 0 Å². The van der Waals surface area contributed by atoms with Crippen LogP contribution in [-0.4, -0.2) is 47.3 Å². The molecule has 2 heterocycles. The zero-order valence-corrected chi connectivity index (χ0v) is 17.0. The van der Waals surface area contributed by atoms with Crippen molar-refractivity contribution in [1.82, 2.24) is 20.4 Å². The van der Waals surface area contributed by atoms with Gasteiger partial charge in [0.1, 0.15) is 17.2 Å². The first-order valence-corrected chi connectivity index (χ1v) is 9.64. The van der Waals surface area contributed by atoms with Crippen molar-refractivity contribution in [3.63, 3.8) is 0 Å². The van der Waals surface area contributed by atoms with Gasteiger partial charge in [-0.25, -0.2) is 9.38 Å². The molecule has 0 fully saturated rings. The predicted octanol–water partition coefficient (Wildman–Crippen LogP) is 1.43. The number of nitrogens with zero attached hydrogens (tertiary/aromatic N) is 3. The van der Waals surface area contributed by atoms with Gasteiger partial charge >= 0.3 is 0 Å². The summed E-state index contributed by atoms with van der Waals surface area (Å²) in [7, 11) is 1.80. The number of aliphatic imine (C=N–C) groups is 1. The smallest absolute Gasteiger partial charge is 0.191 e. The van der Waals surface area contributed by atoms with E-state index in [0.29, 0.717) is 43.4 Å². The van der Waals surface area contributed by atoms with Crippen molar-refractivity contribution in [2.24, 2.45) is 12.0 Å². The number of guanidine groups is 1. The number of nitrogens with one attached hydrogen (secondary N) is 2. The molecule has 9 heteroatoms. The minimum absolute atomic E-state index is 0.170. The second-order valence-corrected chi connectivity index (χ2v) is 7.21. The van der Waals surface area contributed by atoms with Gasteiger partial charge in [0, 0.05) is 37.5 Å². The van der Waals surface area contributed by atoms with E-state index in [1.807, 2.05) is 6.92 Å². The Morgan fingerprint density at radius 2 is 2.24 bits per heavy atom. The number of hydrogen-bond acceptors (Lipinski definition) is 5. The SMILES string of the molecule is CCNC(=NCC(C)(O)c1cnn(C)c1)NCCc1cc(F)cc2c1OCOC2. The number of rotatable bonds is 7. The topological polar surface area (TPSA) is 92.9 Å². The van der Waals surface area contributed by atoms with Crippen LogP contribution in [-0.2, 0) is 30.4 Å². The third kappa shape index (κ3) is 5.45. The van der Waals surface area contributed by atoms with E-state index >= 15 is 0 Å². The molecule has 1 unspecified atom stereocenters. The van der Waals surface area contributed by atoms with E-state index in [-0.39, 0.29) is 19.2 Å². The predicted molar refractivity (Wildman–Crippen MR) is 107 cm³/mol. The van der Waals surface area contributed by atoms with Crippen LogP contribution in [0, 0.1) is 5.82 Å². The van der Waals surface area contributed by atoms with Gasteiger partial charge in [-0.1, -0.05) is 0 Å². The molecule has 0 saturated carbocycles. The molecule has 1 aliphatic heterocycles. The monoisotopic (exact) mass is 405 g/mol. The van der Waals surface area contributed by atoms with Crippen molar-refractivity contribution in [3.8, 4) is 5.75 Å². The lowest BCUT2D eigenvalue weighted by Crippen LogP contribution is -2.39. The zero-order chi connectivity index (χ0) is 20.9. The summed E-state index contributed by atoms with van der Waals surface area (Å²) in [6, 6.07) is 2.93. The average molecular weight is 405 g/mol. The molecular weight excluding hydrogens is 377 g/mol. The maximum Gasteiger partial charge on any atom is 0.191 e. The second-order valence-electron chi connectivity index (χ2n) is 7.21. The summed E-state index contributed by atoms with van der Waals surface area (Å²) >= 11 is 0. The Morgan fingerprint density at radius 3 is 2.97 bits per heavy atom. The van der Waals surface area contributed by atoms with Gasteiger partial charge in [-0.15, -0.1) is 0 Å². The van der Waals surface area contributed by atoms with E-state index in [4.69, 9.17) is 9.47 Å². The molecular formula is C20H28FN5O3. The number of halogens is 1. The second kappa shape index (κ2) is 9.23. The van der Waals surface area contributed by atoms with Gasteiger partial charge in [-0.05, 0) is 38.0 Å². The number of hydrogen-bond donors (Lipinski definition) is 3. The molecule has 29 heavy (non-hydrogen) atoms. The molecule has 1 aromatic carbocycles. The van der Waals surface area contributed by atoms with Crippen molar-refractivity contribution in [1.29, 1.82) is 0 Å². The summed E-state index contributed by atoms with van der Waals surface area (Å²) in [6.07, 6.45) is 3.96. The Labute approximate surface area is 169 Å². The molecule has 2 aromatic rings. The van der Waals surface area contributed by atoms with Gasteiger partial charge in [-0.2, -0.15) is 5.10 Å². The molecule has 0 spiro atoms. The third-order valence-corrected chi connectivity index (χ3v) is 4.65. The lowest BCUT2D eigenvalue weighted by atomic mass is 10.0. The number of aryl methyl sites for hydroxylation is 1. The van der Waals surface area contributed by atoms with E-state index in [1.165, 1.54) is 12.1 Å². The van der Waals surface area contributed by atoms with Crippen LogP contribution in [0.1, 0.15) is 30.5 Å². The highest BCUT2D eigenvalue weighted by Crippen LogP contribution is 2.29. The Morgan fingerprint density at radius 1 is 1.41 bits per heavy atom. The Hall–Kier alpha value is -2.65. The first-order valence-electron chi connectivity index (χ1n) is 9.64. The molecule has 1 aromatic heterocycles. The van der Waals surface area contributed by atoms with Gasteiger partial charge in [0.2, 0.25) is 0 Å². The lowest BCUT2D eigenvalue weighted by molar-refractivity contribution is -0.0172. The number of benzene rings is 1. The summed E-state index contributed by atoms with van der Waals surface area (Å²) in [5.41, 5.74) is 1.07. The summed E-state index contributed by atoms with van der Waals surface area (Å²) in [4.78, 5) is 4.49. The minimum atomic E-state index is -1.13. The van der Waals surface area contributed by atoms with Gasteiger partial charge in [0.05, 0.1) is 19.3 Å². The highest BCUT2D eigenvalue weighted by molar-refractivity contribution is 5.79. The van der Waals surface area contributed by atoms with Gasteiger partial charge in [0.15, 0.2) is 12.8 Å². The first-order chi connectivity index (χ1) is 13.9. The van der Waals surface area contributed by atoms with Crippen LogP contribution in [0.25, 0.3) is 0 Å². The number of fused-ring (bicyclic) bond motifs is 1. The summed E-state index contributed by atoms with van der Waals surface area (Å²) in [6.45, 7) is 5.57. The molecule has 3 N–H and O–H groups in total. The fourth-order valence-electron chi connectivity index (χ4n) is 3.12. The number of ether oxygens (including phenoxy) is 2. The molecule has 3 rings (SSSR count). The molecule has 0 radical (unpaired) electrons. The molecule has 158 valence electrons. The van der Waals surface area contributed by atoms with Crippen molar-refractivity contribution in [2.75, 3.05) is 26.4 Å². The van der Waals surface area contributed by atoms with Crippen LogP contribution in [0.15, 0.2) is 29.5 Å². The maximum atomic E-state index is 13.9. The zero-order valence-electron chi connectivity index (χ0n) is 17.0. The van der Waals surface area contributed by atoms with Crippen molar-refractivity contribution < 1.29 is 19.0 Å². The number of aromatic nitrogens is 2. The van der Waals surface area contributed by atoms with Crippen LogP contribution >= 0.6 is 0 Å². The molecule has 1 atom stereocenters. The molecule has 8 nitrogen and oxygen atoms in total. The van der Waals surface area contributed by atoms with Gasteiger partial charge in [0.25, 0.3) is 0 Å². The quantitative estimate of drug-likeness (QED) is 0.477. The molecule has 1 aliphatic rings. The first kappa shape index (κ1) is 21.1. The van der Waals surface area contributed by atoms with Crippen LogP contribution < -0.4 is 15.4 Å². The largest absolute Gasteiger partial charge is 0.467 e. The number of aliphatic hydroxyl groups is 1. The van der Waals surface area contributed by atoms with Crippen molar-refractivity contribution in [3.05, 3.63) is 47.0 Å². The van der Waals surface area contributed by atoms with Crippen LogP contribution in [0.5, 0.6) is 5.75 Å². The fraction of sp³-hybridized carbons (Fsp3) is 0.500. The average Bonchev–Trinajstić information content (AvgIpc) is 3.13. The minimum Gasteiger partial charge on any atom is -0.467 e. The van der Waals surface area contributed by atoms with E-state index < -0.39 is 5.60 Å². The maximum absolute atomic E-state index is 13.9. The normalized spacial score (nSPS) is 16.0. The lowest BCUT2D eigenvalue weighted by Gasteiger charge is -2.22. The Bertz CT molecular complexity index is 866. The van der Waals surface area contributed by atoms with Gasteiger partial charge in [-0.3, -0.25) is 4.68 Å². The molecule has 0 bridgehead atoms.